The van der Waals surface area contributed by atoms with E-state index in [-0.39, 0.29) is 6.54 Å². The molecule has 2 aliphatic rings. The molecule has 0 radical (unpaired) electrons. The lowest BCUT2D eigenvalue weighted by molar-refractivity contribution is -0.182. The molecule has 1 aliphatic heterocycles. The molecule has 2 fully saturated rings. The monoisotopic (exact) mass is 630 g/mol. The van der Waals surface area contributed by atoms with Gasteiger partial charge in [-0.15, -0.1) is 0 Å². The first-order valence-electron chi connectivity index (χ1n) is 13.8. The van der Waals surface area contributed by atoms with E-state index >= 15 is 0 Å². The number of aliphatic carboxylic acids is 1. The first-order chi connectivity index (χ1) is 20.1. The van der Waals surface area contributed by atoms with Crippen molar-refractivity contribution < 1.29 is 27.9 Å². The molecule has 0 aromatic heterocycles. The molecule has 3 aromatic rings. The first-order valence-corrected chi connectivity index (χ1v) is 16.1. The summed E-state index contributed by atoms with van der Waals surface area (Å²) in [6.07, 6.45) is -0.940. The normalized spacial score (nSPS) is 21.6. The molecule has 1 heterocycles. The number of rotatable bonds is 11. The van der Waals surface area contributed by atoms with Gasteiger partial charge in [-0.25, -0.2) is 8.42 Å². The molecule has 3 aromatic carbocycles. The Balaban J connectivity index is 1.53. The maximum absolute atomic E-state index is 14.0. The predicted molar refractivity (Wildman–Crippen MR) is 162 cm³/mol. The average Bonchev–Trinajstić information content (AvgIpc) is 3.81. The lowest BCUT2D eigenvalue weighted by Crippen LogP contribution is -2.55. The van der Waals surface area contributed by atoms with Crippen LogP contribution in [0.15, 0.2) is 78.9 Å². The summed E-state index contributed by atoms with van der Waals surface area (Å²) in [6.45, 7) is 2.00. The van der Waals surface area contributed by atoms with Crippen LogP contribution >= 0.6 is 23.2 Å². The van der Waals surface area contributed by atoms with Gasteiger partial charge in [0.2, 0.25) is 10.0 Å². The highest BCUT2D eigenvalue weighted by Crippen LogP contribution is 2.45. The van der Waals surface area contributed by atoms with Crippen LogP contribution in [0, 0.1) is 0 Å². The Kier molecular flexibility index (Phi) is 9.13. The number of carbonyl (C=O) groups is 2. The van der Waals surface area contributed by atoms with Gasteiger partial charge < -0.3 is 14.7 Å². The van der Waals surface area contributed by atoms with E-state index < -0.39 is 57.9 Å². The van der Waals surface area contributed by atoms with Crippen molar-refractivity contribution in [2.24, 2.45) is 0 Å². The molecule has 1 saturated heterocycles. The van der Waals surface area contributed by atoms with Crippen LogP contribution in [0.5, 0.6) is 0 Å². The molecule has 0 spiro atoms. The number of sulfonamides is 1. The highest BCUT2D eigenvalue weighted by molar-refractivity contribution is 7.93. The lowest BCUT2D eigenvalue weighted by Gasteiger charge is -2.47. The fourth-order valence-corrected chi connectivity index (χ4v) is 7.66. The van der Waals surface area contributed by atoms with Gasteiger partial charge in [-0.1, -0.05) is 65.7 Å². The summed E-state index contributed by atoms with van der Waals surface area (Å²) >= 11 is 12.5. The number of benzene rings is 3. The standard InChI is InChI=1S/C31H32Cl2N2O6S/c1-20(16-17-34(25-8-3-2-4-9-25)42(39,40)26-14-15-26)35-29(21-10-12-23(32)13-11-21)30(22-6-5-7-24(33)18-22)41-27(31(35)38)19-28(36)37/h2-13,18,20,26-27,29-30H,14-17,19H2,1H3,(H,36,37)/t20-,27+,29+,30+/m0/s1. The number of carbonyl (C=O) groups excluding carboxylic acids is 1. The summed E-state index contributed by atoms with van der Waals surface area (Å²) in [5.41, 5.74) is 1.99. The third kappa shape index (κ3) is 6.59. The third-order valence-corrected chi connectivity index (χ3v) is 10.5. The van der Waals surface area contributed by atoms with Gasteiger partial charge in [0, 0.05) is 22.6 Å². The van der Waals surface area contributed by atoms with Crippen molar-refractivity contribution in [3.05, 3.63) is 100 Å². The predicted octanol–water partition coefficient (Wildman–Crippen LogP) is 6.26. The maximum atomic E-state index is 14.0. The number of amides is 1. The highest BCUT2D eigenvalue weighted by atomic mass is 35.5. The molecule has 1 saturated carbocycles. The molecule has 0 bridgehead atoms. The van der Waals surface area contributed by atoms with Crippen molar-refractivity contribution in [2.45, 2.75) is 62.1 Å². The summed E-state index contributed by atoms with van der Waals surface area (Å²) in [6, 6.07) is 21.9. The second kappa shape index (κ2) is 12.6. The van der Waals surface area contributed by atoms with Gasteiger partial charge in [0.05, 0.1) is 23.4 Å². The van der Waals surface area contributed by atoms with Crippen LogP contribution in [0.2, 0.25) is 10.0 Å². The summed E-state index contributed by atoms with van der Waals surface area (Å²) < 4.78 is 34.6. The molecule has 0 unspecified atom stereocenters. The molecule has 4 atom stereocenters. The van der Waals surface area contributed by atoms with Gasteiger partial charge in [-0.2, -0.15) is 0 Å². The van der Waals surface area contributed by atoms with Crippen LogP contribution in [0.3, 0.4) is 0 Å². The number of hydrogen-bond donors (Lipinski definition) is 1. The molecule has 1 N–H and O–H groups in total. The van der Waals surface area contributed by atoms with Gasteiger partial charge in [-0.3, -0.25) is 13.9 Å². The smallest absolute Gasteiger partial charge is 0.306 e. The van der Waals surface area contributed by atoms with E-state index in [1.165, 1.54) is 4.31 Å². The van der Waals surface area contributed by atoms with Crippen LogP contribution in [0.1, 0.15) is 55.9 Å². The number of nitrogens with zero attached hydrogens (tertiary/aromatic N) is 2. The number of hydrogen-bond acceptors (Lipinski definition) is 5. The quantitative estimate of drug-likeness (QED) is 0.268. The largest absolute Gasteiger partial charge is 0.481 e. The van der Waals surface area contributed by atoms with E-state index in [1.807, 2.05) is 31.2 Å². The number of carboxylic acids is 1. The van der Waals surface area contributed by atoms with Crippen LogP contribution in [-0.4, -0.2) is 54.2 Å². The highest BCUT2D eigenvalue weighted by Gasteiger charge is 2.47. The number of morpholine rings is 1. The van der Waals surface area contributed by atoms with Gasteiger partial charge in [0.1, 0.15) is 12.2 Å². The van der Waals surface area contributed by atoms with E-state index in [0.717, 1.165) is 5.56 Å². The molecule has 8 nitrogen and oxygen atoms in total. The Morgan fingerprint density at radius 3 is 2.31 bits per heavy atom. The number of ether oxygens (including phenoxy) is 1. The zero-order chi connectivity index (χ0) is 30.0. The van der Waals surface area contributed by atoms with E-state index in [1.54, 1.807) is 59.5 Å². The average molecular weight is 632 g/mol. The van der Waals surface area contributed by atoms with Crippen molar-refractivity contribution in [3.63, 3.8) is 0 Å². The van der Waals surface area contributed by atoms with Gasteiger partial charge in [-0.05, 0) is 73.7 Å². The second-order valence-electron chi connectivity index (χ2n) is 10.7. The second-order valence-corrected chi connectivity index (χ2v) is 13.7. The third-order valence-electron chi connectivity index (χ3n) is 7.70. The van der Waals surface area contributed by atoms with E-state index in [4.69, 9.17) is 27.9 Å². The fourth-order valence-electron chi connectivity index (χ4n) is 5.47. The van der Waals surface area contributed by atoms with Crippen LogP contribution in [0.4, 0.5) is 5.69 Å². The minimum absolute atomic E-state index is 0.146. The Morgan fingerprint density at radius 1 is 1.00 bits per heavy atom. The Bertz CT molecular complexity index is 1530. The summed E-state index contributed by atoms with van der Waals surface area (Å²) in [5, 5.41) is 10.2. The number of para-hydroxylation sites is 1. The summed E-state index contributed by atoms with van der Waals surface area (Å²) in [5.74, 6) is -1.64. The van der Waals surface area contributed by atoms with Crippen LogP contribution < -0.4 is 4.31 Å². The number of carboxylic acid groups (broad SMARTS) is 1. The van der Waals surface area contributed by atoms with Gasteiger partial charge in [0.15, 0.2) is 0 Å². The molecule has 5 rings (SSSR count). The summed E-state index contributed by atoms with van der Waals surface area (Å²) in [4.78, 5) is 27.4. The minimum atomic E-state index is -3.58. The maximum Gasteiger partial charge on any atom is 0.306 e. The van der Waals surface area contributed by atoms with Crippen molar-refractivity contribution in [2.75, 3.05) is 10.8 Å². The molecular formula is C31H32Cl2N2O6S. The zero-order valence-corrected chi connectivity index (χ0v) is 25.3. The van der Waals surface area contributed by atoms with Crippen LogP contribution in [0.25, 0.3) is 0 Å². The minimum Gasteiger partial charge on any atom is -0.481 e. The lowest BCUT2D eigenvalue weighted by atomic mass is 9.89. The SMILES string of the molecule is C[C@@H](CCN(c1ccccc1)S(=O)(=O)C1CC1)N1C(=O)[C@@H](CC(=O)O)O[C@H](c2cccc(Cl)c2)[C@H]1c1ccc(Cl)cc1. The van der Waals surface area contributed by atoms with Crippen molar-refractivity contribution in [3.8, 4) is 0 Å². The van der Waals surface area contributed by atoms with E-state index in [0.29, 0.717) is 40.6 Å². The van der Waals surface area contributed by atoms with Crippen molar-refractivity contribution >= 4 is 50.8 Å². The Morgan fingerprint density at radius 2 is 1.69 bits per heavy atom. The van der Waals surface area contributed by atoms with E-state index in [9.17, 15) is 23.1 Å². The zero-order valence-electron chi connectivity index (χ0n) is 23.0. The number of anilines is 1. The van der Waals surface area contributed by atoms with Gasteiger partial charge >= 0.3 is 5.97 Å². The summed E-state index contributed by atoms with van der Waals surface area (Å²) in [7, 11) is -3.58. The molecule has 222 valence electrons. The Hall–Kier alpha value is -3.11. The number of halogens is 2. The van der Waals surface area contributed by atoms with Crippen molar-refractivity contribution in [1.29, 1.82) is 0 Å². The first kappa shape index (κ1) is 30.4. The van der Waals surface area contributed by atoms with Crippen LogP contribution in [-0.2, 0) is 24.3 Å². The van der Waals surface area contributed by atoms with Gasteiger partial charge in [0.25, 0.3) is 5.91 Å². The molecule has 1 amide bonds. The topological polar surface area (TPSA) is 104 Å². The fraction of sp³-hybridized carbons (Fsp3) is 0.355. The Labute approximate surface area is 255 Å². The molecule has 11 heteroatoms. The van der Waals surface area contributed by atoms with Crippen molar-refractivity contribution in [1.82, 2.24) is 4.90 Å². The van der Waals surface area contributed by atoms with E-state index in [2.05, 4.69) is 0 Å². The molecule has 42 heavy (non-hydrogen) atoms. The molecule has 1 aliphatic carbocycles. The molecular weight excluding hydrogens is 599 g/mol.